The molecule has 1 aliphatic rings. The number of ether oxygens (including phenoxy) is 1. The van der Waals surface area contributed by atoms with Gasteiger partial charge in [0.2, 0.25) is 0 Å². The molecule has 1 atom stereocenters. The minimum Gasteiger partial charge on any atom is -0.454 e. The summed E-state index contributed by atoms with van der Waals surface area (Å²) in [6.45, 7) is 2.93. The molecule has 2 aromatic rings. The number of nitrogens with zero attached hydrogens (tertiary/aromatic N) is 1. The molecular weight excluding hydrogens is 550 g/mol. The number of imide groups is 1. The number of esters is 1. The summed E-state index contributed by atoms with van der Waals surface area (Å²) in [5.41, 5.74) is -0.0803. The van der Waals surface area contributed by atoms with E-state index in [2.05, 4.69) is 5.32 Å². The number of fused-ring (bicyclic) bond motifs is 1. The van der Waals surface area contributed by atoms with Crippen LogP contribution in [0.25, 0.3) is 0 Å². The Morgan fingerprint density at radius 1 is 0.941 bits per heavy atom. The topological polar surface area (TPSA) is 92.8 Å². The van der Waals surface area contributed by atoms with E-state index in [0.29, 0.717) is 15.6 Å². The van der Waals surface area contributed by atoms with Crippen LogP contribution in [0.3, 0.4) is 0 Å². The lowest BCUT2D eigenvalue weighted by Gasteiger charge is -2.26. The summed E-state index contributed by atoms with van der Waals surface area (Å²) in [4.78, 5) is 52.2. The fraction of sp³-hybridized carbons (Fsp3) is 0.273. The van der Waals surface area contributed by atoms with Crippen LogP contribution in [0, 0.1) is 5.92 Å². The zero-order chi connectivity index (χ0) is 25.3. The molecule has 12 heteroatoms. The van der Waals surface area contributed by atoms with Crippen molar-refractivity contribution in [3.8, 4) is 0 Å². The highest BCUT2D eigenvalue weighted by Gasteiger charge is 2.47. The molecule has 180 valence electrons. The number of rotatable bonds is 7. The maximum atomic E-state index is 13.1. The van der Waals surface area contributed by atoms with Crippen molar-refractivity contribution in [3.05, 3.63) is 60.5 Å². The molecule has 0 fully saturated rings. The molecule has 1 aliphatic heterocycles. The first kappa shape index (κ1) is 26.6. The highest BCUT2D eigenvalue weighted by atomic mass is 35.5. The highest BCUT2D eigenvalue weighted by Crippen LogP contribution is 2.45. The zero-order valence-electron chi connectivity index (χ0n) is 17.8. The number of anilines is 1. The van der Waals surface area contributed by atoms with Gasteiger partial charge in [-0.3, -0.25) is 19.3 Å². The first-order valence-corrected chi connectivity index (χ1v) is 11.8. The van der Waals surface area contributed by atoms with E-state index in [1.165, 1.54) is 6.07 Å². The van der Waals surface area contributed by atoms with Crippen molar-refractivity contribution >= 4 is 87.4 Å². The number of nitrogens with one attached hydrogen (secondary N) is 1. The van der Waals surface area contributed by atoms with Crippen LogP contribution in [0.15, 0.2) is 24.3 Å². The maximum absolute atomic E-state index is 13.1. The largest absolute Gasteiger partial charge is 0.454 e. The number of halogens is 5. The van der Waals surface area contributed by atoms with Gasteiger partial charge in [0, 0.05) is 10.7 Å². The Labute approximate surface area is 220 Å². The number of amides is 3. The van der Waals surface area contributed by atoms with Gasteiger partial charge in [-0.1, -0.05) is 77.9 Å². The number of benzene rings is 2. The molecule has 0 aliphatic carbocycles. The predicted octanol–water partition coefficient (Wildman–Crippen LogP) is 6.15. The van der Waals surface area contributed by atoms with Crippen molar-refractivity contribution in [1.29, 1.82) is 0 Å². The van der Waals surface area contributed by atoms with E-state index in [4.69, 9.17) is 62.7 Å². The molecule has 0 saturated carbocycles. The minimum absolute atomic E-state index is 0.0664. The van der Waals surface area contributed by atoms with Crippen molar-refractivity contribution in [2.45, 2.75) is 26.3 Å². The highest BCUT2D eigenvalue weighted by molar-refractivity contribution is 6.55. The normalized spacial score (nSPS) is 13.8. The van der Waals surface area contributed by atoms with E-state index in [1.54, 1.807) is 32.0 Å². The summed E-state index contributed by atoms with van der Waals surface area (Å²) in [7, 11) is 0. The molecule has 3 amide bonds. The Morgan fingerprint density at radius 2 is 1.50 bits per heavy atom. The Balaban J connectivity index is 1.82. The van der Waals surface area contributed by atoms with Gasteiger partial charge in [0.25, 0.3) is 17.7 Å². The third-order valence-electron chi connectivity index (χ3n) is 4.86. The smallest absolute Gasteiger partial charge is 0.329 e. The van der Waals surface area contributed by atoms with Gasteiger partial charge in [-0.05, 0) is 30.5 Å². The van der Waals surface area contributed by atoms with E-state index in [1.807, 2.05) is 0 Å². The number of hydrogen-bond donors (Lipinski definition) is 1. The fourth-order valence-corrected chi connectivity index (χ4v) is 4.60. The van der Waals surface area contributed by atoms with Crippen LogP contribution in [0.1, 0.15) is 41.0 Å². The van der Waals surface area contributed by atoms with Gasteiger partial charge in [0.15, 0.2) is 6.61 Å². The third kappa shape index (κ3) is 5.29. The second kappa shape index (κ2) is 10.7. The molecule has 2 aromatic carbocycles. The zero-order valence-corrected chi connectivity index (χ0v) is 21.5. The van der Waals surface area contributed by atoms with Gasteiger partial charge in [-0.25, -0.2) is 4.79 Å². The van der Waals surface area contributed by atoms with E-state index in [9.17, 15) is 19.2 Å². The second-order valence-electron chi connectivity index (χ2n) is 7.80. The van der Waals surface area contributed by atoms with Crippen molar-refractivity contribution in [2.75, 3.05) is 11.9 Å². The van der Waals surface area contributed by atoms with Crippen LogP contribution in [0.2, 0.25) is 25.1 Å². The number of hydrogen-bond acceptors (Lipinski definition) is 5. The average Bonchev–Trinajstić information content (AvgIpc) is 3.03. The number of carbonyl (C=O) groups excluding carboxylic acids is 4. The van der Waals surface area contributed by atoms with Gasteiger partial charge in [-0.2, -0.15) is 0 Å². The van der Waals surface area contributed by atoms with Crippen LogP contribution < -0.4 is 5.32 Å². The summed E-state index contributed by atoms with van der Waals surface area (Å²) in [5, 5.41) is 2.09. The Bertz CT molecular complexity index is 1150. The van der Waals surface area contributed by atoms with E-state index >= 15 is 0 Å². The van der Waals surface area contributed by atoms with Crippen LogP contribution in [-0.4, -0.2) is 41.2 Å². The predicted molar refractivity (Wildman–Crippen MR) is 131 cm³/mol. The Morgan fingerprint density at radius 3 is 2.00 bits per heavy atom. The first-order chi connectivity index (χ1) is 15.9. The molecule has 34 heavy (non-hydrogen) atoms. The molecule has 0 radical (unpaired) electrons. The van der Waals surface area contributed by atoms with Crippen molar-refractivity contribution in [3.63, 3.8) is 0 Å². The Hall–Kier alpha value is -2.03. The van der Waals surface area contributed by atoms with Gasteiger partial charge in [-0.15, -0.1) is 0 Å². The van der Waals surface area contributed by atoms with Crippen LogP contribution >= 0.6 is 58.0 Å². The third-order valence-corrected chi connectivity index (χ3v) is 6.90. The minimum atomic E-state index is -1.34. The first-order valence-electron chi connectivity index (χ1n) is 9.89. The molecule has 3 rings (SSSR count). The lowest BCUT2D eigenvalue weighted by molar-refractivity contribution is -0.151. The van der Waals surface area contributed by atoms with Crippen LogP contribution in [-0.2, 0) is 14.3 Å². The van der Waals surface area contributed by atoms with Crippen LogP contribution in [0.5, 0.6) is 0 Å². The second-order valence-corrected chi connectivity index (χ2v) is 9.75. The molecule has 0 saturated heterocycles. The molecule has 0 bridgehead atoms. The summed E-state index contributed by atoms with van der Waals surface area (Å²) in [6, 6.07) is 5.06. The Kier molecular flexibility index (Phi) is 8.37. The fourth-order valence-electron chi connectivity index (χ4n) is 3.40. The van der Waals surface area contributed by atoms with Crippen LogP contribution in [0.4, 0.5) is 5.69 Å². The van der Waals surface area contributed by atoms with Gasteiger partial charge < -0.3 is 10.1 Å². The van der Waals surface area contributed by atoms with Crippen molar-refractivity contribution in [2.24, 2.45) is 5.92 Å². The van der Waals surface area contributed by atoms with E-state index in [-0.39, 0.29) is 43.6 Å². The molecule has 7 nitrogen and oxygen atoms in total. The summed E-state index contributed by atoms with van der Waals surface area (Å²) in [6.07, 6.45) is 0.0664. The lowest BCUT2D eigenvalue weighted by Crippen LogP contribution is -2.47. The van der Waals surface area contributed by atoms with Gasteiger partial charge in [0.1, 0.15) is 6.04 Å². The summed E-state index contributed by atoms with van der Waals surface area (Å²) < 4.78 is 5.14. The summed E-state index contributed by atoms with van der Waals surface area (Å²) in [5.74, 6) is -3.44. The standard InChI is InChI=1S/C22H17Cl5N2O5/c1-9(2)6-12(22(33)34-8-13(30)28-11-5-3-4-10(23)7-11)29-20(31)14-15(21(29)32)17(25)19(27)18(26)16(14)24/h3-5,7,9,12H,6,8H2,1-2H3,(H,28,30)/t12-/m0/s1. The SMILES string of the molecule is CC(C)C[C@@H](C(=O)OCC(=O)Nc1cccc(Cl)c1)N1C(=O)c2c(Cl)c(Cl)c(Cl)c(Cl)c2C1=O. The van der Waals surface area contributed by atoms with Crippen molar-refractivity contribution in [1.82, 2.24) is 4.90 Å². The quantitative estimate of drug-likeness (QED) is 0.188. The van der Waals surface area contributed by atoms with Gasteiger partial charge in [0.05, 0.1) is 31.2 Å². The molecular formula is C22H17Cl5N2O5. The monoisotopic (exact) mass is 564 g/mol. The molecule has 0 unspecified atom stereocenters. The van der Waals surface area contributed by atoms with Gasteiger partial charge >= 0.3 is 5.97 Å². The summed E-state index contributed by atoms with van der Waals surface area (Å²) >= 11 is 30.3. The molecule has 1 N–H and O–H groups in total. The maximum Gasteiger partial charge on any atom is 0.329 e. The molecule has 0 spiro atoms. The van der Waals surface area contributed by atoms with E-state index in [0.717, 1.165) is 0 Å². The van der Waals surface area contributed by atoms with E-state index < -0.39 is 36.3 Å². The number of carbonyl (C=O) groups is 4. The van der Waals surface area contributed by atoms with Crippen molar-refractivity contribution < 1.29 is 23.9 Å². The lowest BCUT2D eigenvalue weighted by atomic mass is 10.0. The average molecular weight is 567 g/mol. The molecule has 0 aromatic heterocycles. The molecule has 1 heterocycles.